The number of nitrogens with zero attached hydrogens (tertiary/aromatic N) is 3. The van der Waals surface area contributed by atoms with Gasteiger partial charge in [0.05, 0.1) is 11.4 Å². The molecule has 3 N–H and O–H groups in total. The average molecular weight is 282 g/mol. The first-order valence-electron chi connectivity index (χ1n) is 5.30. The molecule has 0 saturated carbocycles. The van der Waals surface area contributed by atoms with E-state index in [1.807, 2.05) is 0 Å². The second-order valence-electron chi connectivity index (χ2n) is 3.85. The minimum absolute atomic E-state index is 0.0814. The van der Waals surface area contributed by atoms with E-state index in [-0.39, 0.29) is 11.7 Å². The van der Waals surface area contributed by atoms with Gasteiger partial charge in [-0.05, 0) is 30.7 Å². The Morgan fingerprint density at radius 2 is 2.21 bits per heavy atom. The predicted molar refractivity (Wildman–Crippen MR) is 68.8 cm³/mol. The number of rotatable bonds is 4. The maximum Gasteiger partial charge on any atom is 0.313 e. The van der Waals surface area contributed by atoms with E-state index in [9.17, 15) is 9.18 Å². The van der Waals surface area contributed by atoms with Crippen LogP contribution in [-0.2, 0) is 4.79 Å². The van der Waals surface area contributed by atoms with Crippen molar-refractivity contribution < 1.29 is 14.3 Å². The number of carboxylic acids is 1. The first kappa shape index (κ1) is 13.3. The van der Waals surface area contributed by atoms with E-state index in [4.69, 9.17) is 10.8 Å². The lowest BCUT2D eigenvalue weighted by atomic mass is 10.2. The summed E-state index contributed by atoms with van der Waals surface area (Å²) in [6.07, 6.45) is 0. The highest BCUT2D eigenvalue weighted by Gasteiger charge is 2.14. The lowest BCUT2D eigenvalue weighted by Crippen LogP contribution is -2.05. The van der Waals surface area contributed by atoms with Gasteiger partial charge >= 0.3 is 5.97 Å². The molecule has 100 valence electrons. The van der Waals surface area contributed by atoms with E-state index >= 15 is 0 Å². The van der Waals surface area contributed by atoms with Gasteiger partial charge in [-0.25, -0.2) is 4.39 Å². The van der Waals surface area contributed by atoms with Crippen molar-refractivity contribution in [2.75, 3.05) is 11.5 Å². The second-order valence-corrected chi connectivity index (χ2v) is 4.79. The molecule has 2 aromatic rings. The Labute approximate surface area is 112 Å². The third-order valence-corrected chi connectivity index (χ3v) is 3.18. The monoisotopic (exact) mass is 282 g/mol. The average Bonchev–Trinajstić information content (AvgIpc) is 2.66. The van der Waals surface area contributed by atoms with Crippen LogP contribution in [0.2, 0.25) is 0 Å². The van der Waals surface area contributed by atoms with Gasteiger partial charge in [-0.1, -0.05) is 11.8 Å². The Kier molecular flexibility index (Phi) is 3.70. The van der Waals surface area contributed by atoms with Crippen LogP contribution in [0.4, 0.5) is 10.3 Å². The van der Waals surface area contributed by atoms with Crippen molar-refractivity contribution in [1.29, 1.82) is 0 Å². The lowest BCUT2D eigenvalue weighted by Gasteiger charge is -2.08. The molecule has 2 rings (SSSR count). The van der Waals surface area contributed by atoms with Crippen molar-refractivity contribution in [3.63, 3.8) is 0 Å². The molecule has 1 heterocycles. The van der Waals surface area contributed by atoms with Crippen molar-refractivity contribution in [2.45, 2.75) is 12.1 Å². The van der Waals surface area contributed by atoms with Crippen LogP contribution >= 0.6 is 11.8 Å². The SMILES string of the molecule is Cc1cc(F)cc(-n2c(N)nnc2SCC(=O)O)c1. The molecule has 0 atom stereocenters. The van der Waals surface area contributed by atoms with Crippen LogP contribution < -0.4 is 5.73 Å². The molecule has 0 bridgehead atoms. The molecule has 0 aliphatic heterocycles. The highest BCUT2D eigenvalue weighted by atomic mass is 32.2. The standard InChI is InChI=1S/C11H11FN4O2S/c1-6-2-7(12)4-8(3-6)16-10(13)14-15-11(16)19-5-9(17)18/h2-4H,5H2,1H3,(H2,13,14)(H,17,18). The Hall–Kier alpha value is -2.09. The summed E-state index contributed by atoms with van der Waals surface area (Å²) in [6, 6.07) is 4.39. The Morgan fingerprint density at radius 3 is 2.84 bits per heavy atom. The van der Waals surface area contributed by atoms with E-state index in [2.05, 4.69) is 10.2 Å². The molecule has 0 spiro atoms. The fourth-order valence-corrected chi connectivity index (χ4v) is 2.27. The molecular weight excluding hydrogens is 271 g/mol. The van der Waals surface area contributed by atoms with Gasteiger partial charge in [0.25, 0.3) is 0 Å². The number of aromatic nitrogens is 3. The van der Waals surface area contributed by atoms with Gasteiger partial charge in [0, 0.05) is 0 Å². The normalized spacial score (nSPS) is 10.6. The molecule has 0 aliphatic carbocycles. The van der Waals surface area contributed by atoms with E-state index in [1.54, 1.807) is 13.0 Å². The maximum absolute atomic E-state index is 13.4. The lowest BCUT2D eigenvalue weighted by molar-refractivity contribution is -0.133. The number of hydrogen-bond acceptors (Lipinski definition) is 5. The number of benzene rings is 1. The third kappa shape index (κ3) is 3.02. The molecule has 0 amide bonds. The fourth-order valence-electron chi connectivity index (χ4n) is 1.59. The summed E-state index contributed by atoms with van der Waals surface area (Å²) in [5.74, 6) is -1.48. The molecular formula is C11H11FN4O2S. The second kappa shape index (κ2) is 5.27. The zero-order chi connectivity index (χ0) is 14.0. The van der Waals surface area contributed by atoms with E-state index in [0.29, 0.717) is 10.8 Å². The van der Waals surface area contributed by atoms with Crippen molar-refractivity contribution in [1.82, 2.24) is 14.8 Å². The van der Waals surface area contributed by atoms with Gasteiger partial charge in [-0.3, -0.25) is 9.36 Å². The summed E-state index contributed by atoms with van der Waals surface area (Å²) in [6.45, 7) is 1.75. The number of aliphatic carboxylic acids is 1. The van der Waals surface area contributed by atoms with Crippen molar-refractivity contribution >= 4 is 23.7 Å². The topological polar surface area (TPSA) is 94.0 Å². The smallest absolute Gasteiger partial charge is 0.313 e. The minimum atomic E-state index is -0.978. The van der Waals surface area contributed by atoms with Gasteiger partial charge < -0.3 is 10.8 Å². The molecule has 1 aromatic carbocycles. The number of thioether (sulfide) groups is 1. The molecule has 19 heavy (non-hydrogen) atoms. The molecule has 0 aliphatic rings. The molecule has 0 fully saturated rings. The molecule has 0 unspecified atom stereocenters. The first-order chi connectivity index (χ1) is 8.97. The minimum Gasteiger partial charge on any atom is -0.481 e. The van der Waals surface area contributed by atoms with Crippen LogP contribution in [0.25, 0.3) is 5.69 Å². The first-order valence-corrected chi connectivity index (χ1v) is 6.29. The molecule has 1 aromatic heterocycles. The van der Waals surface area contributed by atoms with Crippen molar-refractivity contribution in [3.8, 4) is 5.69 Å². The number of nitrogen functional groups attached to an aromatic ring is 1. The van der Waals surface area contributed by atoms with Gasteiger partial charge in [0.1, 0.15) is 5.82 Å². The van der Waals surface area contributed by atoms with Crippen LogP contribution in [0.5, 0.6) is 0 Å². The summed E-state index contributed by atoms with van der Waals surface area (Å²) >= 11 is 0.970. The zero-order valence-corrected chi connectivity index (χ0v) is 10.8. The number of halogens is 1. The van der Waals surface area contributed by atoms with Gasteiger partial charge in [0.15, 0.2) is 5.16 Å². The number of hydrogen-bond donors (Lipinski definition) is 2. The highest BCUT2D eigenvalue weighted by molar-refractivity contribution is 7.99. The van der Waals surface area contributed by atoms with Crippen LogP contribution in [-0.4, -0.2) is 31.6 Å². The van der Waals surface area contributed by atoms with Crippen LogP contribution in [0.1, 0.15) is 5.56 Å². The van der Waals surface area contributed by atoms with Crippen molar-refractivity contribution in [2.24, 2.45) is 0 Å². The largest absolute Gasteiger partial charge is 0.481 e. The number of carboxylic acid groups (broad SMARTS) is 1. The highest BCUT2D eigenvalue weighted by Crippen LogP contribution is 2.24. The van der Waals surface area contributed by atoms with Gasteiger partial charge in [-0.2, -0.15) is 0 Å². The summed E-state index contributed by atoms with van der Waals surface area (Å²) in [5, 5.41) is 16.4. The number of anilines is 1. The zero-order valence-electron chi connectivity index (χ0n) is 10.00. The maximum atomic E-state index is 13.4. The van der Waals surface area contributed by atoms with Crippen molar-refractivity contribution in [3.05, 3.63) is 29.6 Å². The van der Waals surface area contributed by atoms with E-state index < -0.39 is 11.8 Å². The molecule has 8 heteroatoms. The van der Waals surface area contributed by atoms with Crippen LogP contribution in [0.15, 0.2) is 23.4 Å². The molecule has 0 radical (unpaired) electrons. The Balaban J connectivity index is 2.43. The predicted octanol–water partition coefficient (Wildman–Crippen LogP) is 1.47. The Bertz CT molecular complexity index is 609. The summed E-state index contributed by atoms with van der Waals surface area (Å²) in [4.78, 5) is 10.6. The number of carbonyl (C=O) groups is 1. The summed E-state index contributed by atoms with van der Waals surface area (Å²) < 4.78 is 14.8. The van der Waals surface area contributed by atoms with Crippen LogP contribution in [0.3, 0.4) is 0 Å². The van der Waals surface area contributed by atoms with E-state index in [0.717, 1.165) is 17.3 Å². The quantitative estimate of drug-likeness (QED) is 0.825. The van der Waals surface area contributed by atoms with Crippen LogP contribution in [0, 0.1) is 12.7 Å². The molecule has 0 saturated heterocycles. The third-order valence-electron chi connectivity index (χ3n) is 2.27. The van der Waals surface area contributed by atoms with Gasteiger partial charge in [-0.15, -0.1) is 10.2 Å². The molecule has 6 nitrogen and oxygen atoms in total. The number of aryl methyl sites for hydroxylation is 1. The van der Waals surface area contributed by atoms with Gasteiger partial charge in [0.2, 0.25) is 5.95 Å². The summed E-state index contributed by atoms with van der Waals surface area (Å²) in [7, 11) is 0. The number of nitrogens with two attached hydrogens (primary N) is 1. The fraction of sp³-hybridized carbons (Fsp3) is 0.182. The Morgan fingerprint density at radius 1 is 1.47 bits per heavy atom. The van der Waals surface area contributed by atoms with E-state index in [1.165, 1.54) is 16.7 Å². The summed E-state index contributed by atoms with van der Waals surface area (Å²) in [5.41, 5.74) is 6.87.